The Morgan fingerprint density at radius 1 is 1.11 bits per heavy atom. The molecule has 2 rings (SSSR count). The molecule has 0 spiro atoms. The van der Waals surface area contributed by atoms with Crippen molar-refractivity contribution in [3.63, 3.8) is 0 Å². The number of aliphatic carboxylic acids is 1. The lowest BCUT2D eigenvalue weighted by molar-refractivity contribution is -0.131. The fourth-order valence-corrected chi connectivity index (χ4v) is 1.52. The first kappa shape index (κ1) is 12.8. The van der Waals surface area contributed by atoms with Crippen molar-refractivity contribution in [2.45, 2.75) is 0 Å². The zero-order valence-electron chi connectivity index (χ0n) is 9.92. The van der Waals surface area contributed by atoms with Crippen LogP contribution in [0.3, 0.4) is 0 Å². The van der Waals surface area contributed by atoms with Gasteiger partial charge in [-0.05, 0) is 35.9 Å². The lowest BCUT2D eigenvalue weighted by atomic mass is 10.2. The maximum atomic E-state index is 13.0. The second-order valence-corrected chi connectivity index (χ2v) is 3.80. The quantitative estimate of drug-likeness (QED) is 0.850. The molecule has 0 fully saturated rings. The van der Waals surface area contributed by atoms with Crippen LogP contribution >= 0.6 is 0 Å². The number of hydrogen-bond donors (Lipinski definition) is 1. The molecule has 0 aliphatic rings. The van der Waals surface area contributed by atoms with Gasteiger partial charge in [0.1, 0.15) is 17.3 Å². The van der Waals surface area contributed by atoms with E-state index in [-0.39, 0.29) is 5.82 Å². The lowest BCUT2D eigenvalue weighted by Crippen LogP contribution is -1.87. The second-order valence-electron chi connectivity index (χ2n) is 3.80. The van der Waals surface area contributed by atoms with E-state index in [0.29, 0.717) is 17.1 Å². The van der Waals surface area contributed by atoms with Gasteiger partial charge in [-0.1, -0.05) is 18.2 Å². The molecule has 2 aromatic carbocycles. The summed E-state index contributed by atoms with van der Waals surface area (Å²) in [5.41, 5.74) is 0.691. The van der Waals surface area contributed by atoms with Crippen LogP contribution in [0.2, 0.25) is 0 Å². The molecule has 0 unspecified atom stereocenters. The summed E-state index contributed by atoms with van der Waals surface area (Å²) < 4.78 is 18.5. The van der Waals surface area contributed by atoms with Crippen LogP contribution in [0.1, 0.15) is 5.56 Å². The van der Waals surface area contributed by atoms with Gasteiger partial charge in [0.25, 0.3) is 0 Å². The predicted octanol–water partition coefficient (Wildman–Crippen LogP) is 3.72. The van der Waals surface area contributed by atoms with Crippen molar-refractivity contribution >= 4 is 12.0 Å². The van der Waals surface area contributed by atoms with E-state index < -0.39 is 5.97 Å². The van der Waals surface area contributed by atoms with Crippen molar-refractivity contribution in [1.29, 1.82) is 0 Å². The van der Waals surface area contributed by atoms with Gasteiger partial charge in [-0.2, -0.15) is 0 Å². The predicted molar refractivity (Wildman–Crippen MR) is 69.6 cm³/mol. The fraction of sp³-hybridized carbons (Fsp3) is 0. The van der Waals surface area contributed by atoms with Gasteiger partial charge in [-0.15, -0.1) is 0 Å². The van der Waals surface area contributed by atoms with Crippen LogP contribution in [0.4, 0.5) is 4.39 Å². The summed E-state index contributed by atoms with van der Waals surface area (Å²) in [6.45, 7) is 0. The molecule has 19 heavy (non-hydrogen) atoms. The number of hydrogen-bond acceptors (Lipinski definition) is 2. The molecule has 0 atom stereocenters. The molecule has 0 saturated carbocycles. The normalized spacial score (nSPS) is 10.6. The summed E-state index contributed by atoms with van der Waals surface area (Å²) in [6.07, 6.45) is 2.50. The fourth-order valence-electron chi connectivity index (χ4n) is 1.52. The third kappa shape index (κ3) is 3.96. The van der Waals surface area contributed by atoms with Crippen LogP contribution in [0, 0.1) is 5.82 Å². The average Bonchev–Trinajstić information content (AvgIpc) is 2.37. The van der Waals surface area contributed by atoms with E-state index in [0.717, 1.165) is 6.08 Å². The highest BCUT2D eigenvalue weighted by Crippen LogP contribution is 2.23. The van der Waals surface area contributed by atoms with Crippen LogP contribution < -0.4 is 4.74 Å². The summed E-state index contributed by atoms with van der Waals surface area (Å²) in [5.74, 6) is -0.492. The highest BCUT2D eigenvalue weighted by Gasteiger charge is 1.99. The van der Waals surface area contributed by atoms with E-state index in [1.807, 2.05) is 0 Å². The number of carboxylic acid groups (broad SMARTS) is 1. The monoisotopic (exact) mass is 258 g/mol. The third-order valence-corrected chi connectivity index (χ3v) is 2.31. The molecule has 1 N–H and O–H groups in total. The van der Waals surface area contributed by atoms with E-state index in [1.165, 1.54) is 18.2 Å². The van der Waals surface area contributed by atoms with Gasteiger partial charge in [0.2, 0.25) is 0 Å². The minimum absolute atomic E-state index is 0.376. The molecule has 3 nitrogen and oxygen atoms in total. The first-order valence-electron chi connectivity index (χ1n) is 5.58. The van der Waals surface area contributed by atoms with Gasteiger partial charge in [-0.25, -0.2) is 9.18 Å². The molecule has 0 saturated heterocycles. The Balaban J connectivity index is 2.17. The molecular weight excluding hydrogens is 247 g/mol. The van der Waals surface area contributed by atoms with E-state index in [9.17, 15) is 9.18 Å². The smallest absolute Gasteiger partial charge is 0.328 e. The summed E-state index contributed by atoms with van der Waals surface area (Å²) in [7, 11) is 0. The summed E-state index contributed by atoms with van der Waals surface area (Å²) in [6, 6.07) is 12.7. The van der Waals surface area contributed by atoms with Crippen molar-refractivity contribution in [3.05, 3.63) is 66.0 Å². The SMILES string of the molecule is O=C(O)/C=C/c1cccc(Oc2cccc(F)c2)c1. The topological polar surface area (TPSA) is 46.5 Å². The Morgan fingerprint density at radius 3 is 2.47 bits per heavy atom. The standard InChI is InChI=1S/C15H11FO3/c16-12-4-2-6-14(10-12)19-13-5-1-3-11(9-13)7-8-15(17)18/h1-10H,(H,17,18)/b8-7+. The van der Waals surface area contributed by atoms with Gasteiger partial charge in [-0.3, -0.25) is 0 Å². The Kier molecular flexibility index (Phi) is 3.93. The molecule has 0 aliphatic heterocycles. The number of rotatable bonds is 4. The van der Waals surface area contributed by atoms with E-state index >= 15 is 0 Å². The Bertz CT molecular complexity index is 620. The first-order chi connectivity index (χ1) is 9.13. The number of carbonyl (C=O) groups is 1. The van der Waals surface area contributed by atoms with Crippen molar-refractivity contribution in [3.8, 4) is 11.5 Å². The molecule has 96 valence electrons. The second kappa shape index (κ2) is 5.82. The van der Waals surface area contributed by atoms with Crippen LogP contribution in [-0.4, -0.2) is 11.1 Å². The molecule has 0 aromatic heterocycles. The van der Waals surface area contributed by atoms with Crippen molar-refractivity contribution in [1.82, 2.24) is 0 Å². The van der Waals surface area contributed by atoms with Gasteiger partial charge >= 0.3 is 5.97 Å². The molecule has 0 aliphatic carbocycles. The van der Waals surface area contributed by atoms with Crippen molar-refractivity contribution in [2.24, 2.45) is 0 Å². The molecule has 2 aromatic rings. The first-order valence-corrected chi connectivity index (χ1v) is 5.58. The molecule has 0 amide bonds. The zero-order valence-corrected chi connectivity index (χ0v) is 9.92. The molecule has 4 heteroatoms. The van der Waals surface area contributed by atoms with Gasteiger partial charge in [0.05, 0.1) is 0 Å². The Morgan fingerprint density at radius 2 is 1.79 bits per heavy atom. The van der Waals surface area contributed by atoms with E-state index in [1.54, 1.807) is 36.4 Å². The van der Waals surface area contributed by atoms with Gasteiger partial charge < -0.3 is 9.84 Å². The summed E-state index contributed by atoms with van der Waals surface area (Å²) in [4.78, 5) is 10.4. The maximum absolute atomic E-state index is 13.0. The van der Waals surface area contributed by atoms with Crippen molar-refractivity contribution < 1.29 is 19.0 Å². The largest absolute Gasteiger partial charge is 0.478 e. The summed E-state index contributed by atoms with van der Waals surface area (Å²) >= 11 is 0. The lowest BCUT2D eigenvalue weighted by Gasteiger charge is -2.06. The highest BCUT2D eigenvalue weighted by atomic mass is 19.1. The maximum Gasteiger partial charge on any atom is 0.328 e. The van der Waals surface area contributed by atoms with Crippen LogP contribution in [0.5, 0.6) is 11.5 Å². The Hall–Kier alpha value is -2.62. The number of carboxylic acids is 1. The van der Waals surface area contributed by atoms with Gasteiger partial charge in [0.15, 0.2) is 0 Å². The average molecular weight is 258 g/mol. The zero-order chi connectivity index (χ0) is 13.7. The molecular formula is C15H11FO3. The minimum atomic E-state index is -1.02. The number of ether oxygens (including phenoxy) is 1. The van der Waals surface area contributed by atoms with Crippen LogP contribution in [0.25, 0.3) is 6.08 Å². The number of halogens is 1. The van der Waals surface area contributed by atoms with Gasteiger partial charge in [0, 0.05) is 12.1 Å². The van der Waals surface area contributed by atoms with Crippen LogP contribution in [0.15, 0.2) is 54.6 Å². The van der Waals surface area contributed by atoms with E-state index in [2.05, 4.69) is 0 Å². The van der Waals surface area contributed by atoms with Crippen LogP contribution in [-0.2, 0) is 4.79 Å². The van der Waals surface area contributed by atoms with Crippen molar-refractivity contribution in [2.75, 3.05) is 0 Å². The molecule has 0 radical (unpaired) electrons. The number of benzene rings is 2. The molecule has 0 bridgehead atoms. The highest BCUT2D eigenvalue weighted by molar-refractivity contribution is 5.85. The summed E-state index contributed by atoms with van der Waals surface area (Å²) in [5, 5.41) is 8.55. The minimum Gasteiger partial charge on any atom is -0.478 e. The molecule has 0 heterocycles. The van der Waals surface area contributed by atoms with E-state index in [4.69, 9.17) is 9.84 Å². The third-order valence-electron chi connectivity index (χ3n) is 2.31. The Labute approximate surface area is 109 Å².